The second-order valence-electron chi connectivity index (χ2n) is 6.35. The van der Waals surface area contributed by atoms with Gasteiger partial charge < -0.3 is 15.4 Å². The number of para-hydroxylation sites is 1. The number of aromatic nitrogens is 1. The minimum Gasteiger partial charge on any atom is -0.385 e. The Morgan fingerprint density at radius 1 is 1.11 bits per heavy atom. The molecule has 5 nitrogen and oxygen atoms in total. The molecule has 1 amide bonds. The van der Waals surface area contributed by atoms with E-state index in [1.807, 2.05) is 42.5 Å². The highest BCUT2D eigenvalue weighted by atomic mass is 16.5. The molecule has 0 unspecified atom stereocenters. The van der Waals surface area contributed by atoms with Crippen LogP contribution in [0.2, 0.25) is 0 Å². The summed E-state index contributed by atoms with van der Waals surface area (Å²) in [5.74, 6) is 0.550. The number of methoxy groups -OCH3 is 1. The largest absolute Gasteiger partial charge is 0.385 e. The van der Waals surface area contributed by atoms with Crippen LogP contribution >= 0.6 is 0 Å². The van der Waals surface area contributed by atoms with E-state index in [2.05, 4.69) is 34.7 Å². The Balaban J connectivity index is 1.86. The van der Waals surface area contributed by atoms with Gasteiger partial charge in [0, 0.05) is 31.3 Å². The van der Waals surface area contributed by atoms with Crippen LogP contribution in [0.15, 0.2) is 54.6 Å². The predicted molar refractivity (Wildman–Crippen MR) is 110 cm³/mol. The topological polar surface area (TPSA) is 63.2 Å². The third-order valence-electron chi connectivity index (χ3n) is 4.41. The van der Waals surface area contributed by atoms with Gasteiger partial charge >= 0.3 is 0 Å². The van der Waals surface area contributed by atoms with Crippen LogP contribution < -0.4 is 10.6 Å². The molecule has 2 N–H and O–H groups in total. The molecule has 0 radical (unpaired) electrons. The second kappa shape index (κ2) is 9.14. The van der Waals surface area contributed by atoms with Crippen LogP contribution in [-0.4, -0.2) is 31.2 Å². The van der Waals surface area contributed by atoms with Gasteiger partial charge in [0.15, 0.2) is 0 Å². The quantitative estimate of drug-likeness (QED) is 0.586. The van der Waals surface area contributed by atoms with Crippen molar-refractivity contribution in [2.75, 3.05) is 25.6 Å². The van der Waals surface area contributed by atoms with Crippen molar-refractivity contribution >= 4 is 28.3 Å². The Hall–Kier alpha value is -2.92. The van der Waals surface area contributed by atoms with Gasteiger partial charge in [0.1, 0.15) is 5.82 Å². The van der Waals surface area contributed by atoms with Crippen LogP contribution in [0, 0.1) is 0 Å². The van der Waals surface area contributed by atoms with E-state index in [0.717, 1.165) is 29.4 Å². The zero-order valence-corrected chi connectivity index (χ0v) is 15.8. The molecule has 0 aliphatic carbocycles. The van der Waals surface area contributed by atoms with Gasteiger partial charge in [-0.2, -0.15) is 0 Å². The Morgan fingerprint density at radius 2 is 1.89 bits per heavy atom. The van der Waals surface area contributed by atoms with Crippen molar-refractivity contribution in [1.29, 1.82) is 0 Å². The van der Waals surface area contributed by atoms with E-state index in [4.69, 9.17) is 4.74 Å². The Morgan fingerprint density at radius 3 is 2.63 bits per heavy atom. The first-order valence-electron chi connectivity index (χ1n) is 9.24. The summed E-state index contributed by atoms with van der Waals surface area (Å²) in [6.07, 6.45) is 1.78. The average molecular weight is 363 g/mol. The van der Waals surface area contributed by atoms with E-state index >= 15 is 0 Å². The maximum atomic E-state index is 12.7. The van der Waals surface area contributed by atoms with Gasteiger partial charge in [-0.25, -0.2) is 4.98 Å². The van der Waals surface area contributed by atoms with Crippen molar-refractivity contribution in [3.05, 3.63) is 65.7 Å². The number of fused-ring (bicyclic) bond motifs is 1. The van der Waals surface area contributed by atoms with Crippen LogP contribution in [0.3, 0.4) is 0 Å². The van der Waals surface area contributed by atoms with E-state index in [1.165, 1.54) is 5.56 Å². The lowest BCUT2D eigenvalue weighted by molar-refractivity contribution is 0.0950. The minimum absolute atomic E-state index is 0.103. The smallest absolute Gasteiger partial charge is 0.252 e. The number of aryl methyl sites for hydroxylation is 1. The monoisotopic (exact) mass is 363 g/mol. The highest BCUT2D eigenvalue weighted by molar-refractivity contribution is 6.07. The third kappa shape index (κ3) is 4.83. The summed E-state index contributed by atoms with van der Waals surface area (Å²) in [7, 11) is 1.66. The van der Waals surface area contributed by atoms with Gasteiger partial charge in [-0.05, 0) is 42.7 Å². The molecule has 1 aromatic heterocycles. The molecule has 0 aliphatic rings. The Labute approximate surface area is 159 Å². The Kier molecular flexibility index (Phi) is 6.39. The van der Waals surface area contributed by atoms with Crippen molar-refractivity contribution in [2.24, 2.45) is 0 Å². The van der Waals surface area contributed by atoms with E-state index in [0.29, 0.717) is 24.5 Å². The van der Waals surface area contributed by atoms with Gasteiger partial charge in [-0.3, -0.25) is 4.79 Å². The van der Waals surface area contributed by atoms with E-state index in [1.54, 1.807) is 7.11 Å². The van der Waals surface area contributed by atoms with Crippen molar-refractivity contribution in [1.82, 2.24) is 10.3 Å². The van der Waals surface area contributed by atoms with Gasteiger partial charge in [-0.1, -0.05) is 37.3 Å². The third-order valence-corrected chi connectivity index (χ3v) is 4.41. The second-order valence-corrected chi connectivity index (χ2v) is 6.35. The lowest BCUT2D eigenvalue weighted by atomic mass is 10.1. The minimum atomic E-state index is -0.103. The number of carbonyl (C=O) groups is 1. The van der Waals surface area contributed by atoms with E-state index in [-0.39, 0.29) is 5.91 Å². The fraction of sp³-hybridized carbons (Fsp3) is 0.273. The molecular weight excluding hydrogens is 338 g/mol. The van der Waals surface area contributed by atoms with Crippen LogP contribution in [-0.2, 0) is 11.2 Å². The lowest BCUT2D eigenvalue weighted by Gasteiger charge is -2.12. The molecule has 2 aromatic carbocycles. The predicted octanol–water partition coefficient (Wildman–Crippen LogP) is 4.31. The molecule has 1 heterocycles. The maximum Gasteiger partial charge on any atom is 0.252 e. The first kappa shape index (κ1) is 18.9. The highest BCUT2D eigenvalue weighted by Crippen LogP contribution is 2.23. The van der Waals surface area contributed by atoms with Crippen molar-refractivity contribution in [2.45, 2.75) is 19.8 Å². The maximum absolute atomic E-state index is 12.7. The number of nitrogens with one attached hydrogen (secondary N) is 2. The molecular formula is C22H25N3O2. The first-order valence-corrected chi connectivity index (χ1v) is 9.24. The van der Waals surface area contributed by atoms with Crippen LogP contribution in [0.1, 0.15) is 29.3 Å². The van der Waals surface area contributed by atoms with E-state index < -0.39 is 0 Å². The summed E-state index contributed by atoms with van der Waals surface area (Å²) in [4.78, 5) is 17.4. The molecule has 0 bridgehead atoms. The number of amides is 1. The van der Waals surface area contributed by atoms with Crippen LogP contribution in [0.4, 0.5) is 11.5 Å². The number of benzene rings is 2. The molecule has 5 heteroatoms. The number of rotatable bonds is 8. The molecule has 0 atom stereocenters. The number of hydrogen-bond donors (Lipinski definition) is 2. The molecule has 3 rings (SSSR count). The molecule has 140 valence electrons. The molecule has 0 spiro atoms. The molecule has 3 aromatic rings. The number of ether oxygens (including phenoxy) is 1. The number of carbonyl (C=O) groups excluding carboxylic acids is 1. The SMILES string of the molecule is CCc1ccc(Nc2cc(C(=O)NCCCOC)c3ccccc3n2)cc1. The summed E-state index contributed by atoms with van der Waals surface area (Å²) < 4.78 is 5.03. The standard InChI is InChI=1S/C22H25N3O2/c1-3-16-9-11-17(12-10-16)24-21-15-19(22(26)23-13-6-14-27-2)18-7-4-5-8-20(18)25-21/h4-5,7-12,15H,3,6,13-14H2,1-2H3,(H,23,26)(H,24,25). The van der Waals surface area contributed by atoms with Gasteiger partial charge in [-0.15, -0.1) is 0 Å². The first-order chi connectivity index (χ1) is 13.2. The number of pyridine rings is 1. The summed E-state index contributed by atoms with van der Waals surface area (Å²) in [6.45, 7) is 3.33. The number of anilines is 2. The fourth-order valence-electron chi connectivity index (χ4n) is 2.91. The van der Waals surface area contributed by atoms with Gasteiger partial charge in [0.05, 0.1) is 11.1 Å². The Bertz CT molecular complexity index is 907. The summed E-state index contributed by atoms with van der Waals surface area (Å²) in [5, 5.41) is 7.11. The van der Waals surface area contributed by atoms with Crippen molar-refractivity contribution in [3.63, 3.8) is 0 Å². The lowest BCUT2D eigenvalue weighted by Crippen LogP contribution is -2.25. The van der Waals surface area contributed by atoms with E-state index in [9.17, 15) is 4.79 Å². The fourth-order valence-corrected chi connectivity index (χ4v) is 2.91. The molecule has 0 saturated heterocycles. The number of hydrogen-bond acceptors (Lipinski definition) is 4. The van der Waals surface area contributed by atoms with Crippen molar-refractivity contribution < 1.29 is 9.53 Å². The normalized spacial score (nSPS) is 10.7. The van der Waals surface area contributed by atoms with Crippen LogP contribution in [0.5, 0.6) is 0 Å². The summed E-state index contributed by atoms with van der Waals surface area (Å²) in [5.41, 5.74) is 3.63. The van der Waals surface area contributed by atoms with Crippen molar-refractivity contribution in [3.8, 4) is 0 Å². The molecule has 0 fully saturated rings. The average Bonchev–Trinajstić information content (AvgIpc) is 2.71. The summed E-state index contributed by atoms with van der Waals surface area (Å²) in [6, 6.07) is 17.7. The van der Waals surface area contributed by atoms with Crippen LogP contribution in [0.25, 0.3) is 10.9 Å². The molecule has 0 saturated carbocycles. The zero-order valence-electron chi connectivity index (χ0n) is 15.8. The molecule has 27 heavy (non-hydrogen) atoms. The zero-order chi connectivity index (χ0) is 19.1. The highest BCUT2D eigenvalue weighted by Gasteiger charge is 2.13. The van der Waals surface area contributed by atoms with Gasteiger partial charge in [0.25, 0.3) is 5.91 Å². The number of nitrogens with zero attached hydrogens (tertiary/aromatic N) is 1. The summed E-state index contributed by atoms with van der Waals surface area (Å²) >= 11 is 0. The molecule has 0 aliphatic heterocycles. The van der Waals surface area contributed by atoms with Gasteiger partial charge in [0.2, 0.25) is 0 Å².